The Morgan fingerprint density at radius 2 is 1.31 bits per heavy atom. The van der Waals surface area contributed by atoms with E-state index in [-0.39, 0.29) is 12.2 Å². The molecule has 0 saturated carbocycles. The molecule has 0 saturated heterocycles. The maximum absolute atomic E-state index is 9.49. The van der Waals surface area contributed by atoms with E-state index in [9.17, 15) is 10.2 Å². The largest absolute Gasteiger partial charge is 0.393 e. The summed E-state index contributed by atoms with van der Waals surface area (Å²) in [6, 6.07) is 0. The van der Waals surface area contributed by atoms with Crippen molar-refractivity contribution in [3.63, 3.8) is 0 Å². The van der Waals surface area contributed by atoms with Crippen LogP contribution in [0.4, 0.5) is 0 Å². The molecule has 0 bridgehead atoms. The van der Waals surface area contributed by atoms with Crippen molar-refractivity contribution in [2.24, 2.45) is 0 Å². The molecule has 0 amide bonds. The van der Waals surface area contributed by atoms with Gasteiger partial charge in [-0.05, 0) is 25.7 Å². The predicted octanol–water partition coefficient (Wildman–Crippen LogP) is 2.48. The molecule has 0 fully saturated rings. The minimum absolute atomic E-state index is 0.202. The van der Waals surface area contributed by atoms with Crippen LogP contribution in [0.1, 0.15) is 58.8 Å². The van der Waals surface area contributed by atoms with E-state index in [1.807, 2.05) is 0 Å². The highest BCUT2D eigenvalue weighted by molar-refractivity contribution is 4.61. The zero-order chi connectivity index (χ0) is 10.1. The first-order valence-electron chi connectivity index (χ1n) is 5.56. The van der Waals surface area contributed by atoms with Crippen LogP contribution >= 0.6 is 0 Å². The van der Waals surface area contributed by atoms with Gasteiger partial charge in [0.2, 0.25) is 0 Å². The molecule has 80 valence electrons. The van der Waals surface area contributed by atoms with Crippen LogP contribution in [0.2, 0.25) is 0 Å². The van der Waals surface area contributed by atoms with Crippen LogP contribution in [0.3, 0.4) is 0 Å². The van der Waals surface area contributed by atoms with Gasteiger partial charge in [0.1, 0.15) is 0 Å². The number of aliphatic hydroxyl groups excluding tert-OH is 2. The summed E-state index contributed by atoms with van der Waals surface area (Å²) in [5, 5.41) is 18.9. The smallest absolute Gasteiger partial charge is 0.0541 e. The Kier molecular flexibility index (Phi) is 8.46. The van der Waals surface area contributed by atoms with Gasteiger partial charge in [-0.3, -0.25) is 0 Å². The third-order valence-corrected chi connectivity index (χ3v) is 2.35. The van der Waals surface area contributed by atoms with Gasteiger partial charge in [0, 0.05) is 0 Å². The molecule has 0 aromatic heterocycles. The van der Waals surface area contributed by atoms with E-state index >= 15 is 0 Å². The molecule has 0 aliphatic rings. The Bertz CT molecular complexity index is 104. The van der Waals surface area contributed by atoms with Crippen LogP contribution in [0.5, 0.6) is 0 Å². The van der Waals surface area contributed by atoms with Crippen molar-refractivity contribution in [2.75, 3.05) is 0 Å². The monoisotopic (exact) mass is 188 g/mol. The molecule has 0 spiro atoms. The normalized spacial score (nSPS) is 15.7. The zero-order valence-corrected chi connectivity index (χ0v) is 9.00. The van der Waals surface area contributed by atoms with E-state index in [0.29, 0.717) is 0 Å². The van der Waals surface area contributed by atoms with Gasteiger partial charge in [-0.15, -0.1) is 0 Å². The molecular weight excluding hydrogens is 164 g/mol. The van der Waals surface area contributed by atoms with Crippen LogP contribution in [-0.2, 0) is 0 Å². The Balaban J connectivity index is 3.29. The fourth-order valence-electron chi connectivity index (χ4n) is 1.45. The van der Waals surface area contributed by atoms with Crippen LogP contribution in [0, 0.1) is 0 Å². The second-order valence-electron chi connectivity index (χ2n) is 3.82. The molecule has 0 aromatic carbocycles. The number of unbranched alkanes of at least 4 members (excludes halogenated alkanes) is 1. The fraction of sp³-hybridized carbons (Fsp3) is 1.00. The van der Waals surface area contributed by atoms with Crippen LogP contribution in [0.15, 0.2) is 0 Å². The van der Waals surface area contributed by atoms with Crippen LogP contribution < -0.4 is 0 Å². The molecule has 0 rings (SSSR count). The van der Waals surface area contributed by atoms with Crippen molar-refractivity contribution in [1.29, 1.82) is 0 Å². The van der Waals surface area contributed by atoms with Gasteiger partial charge >= 0.3 is 0 Å². The average molecular weight is 188 g/mol. The molecule has 0 aliphatic heterocycles. The van der Waals surface area contributed by atoms with Gasteiger partial charge in [0.05, 0.1) is 12.2 Å². The van der Waals surface area contributed by atoms with Gasteiger partial charge < -0.3 is 10.2 Å². The molecule has 13 heavy (non-hydrogen) atoms. The lowest BCUT2D eigenvalue weighted by Gasteiger charge is -2.13. The second kappa shape index (κ2) is 8.52. The van der Waals surface area contributed by atoms with Gasteiger partial charge in [0.15, 0.2) is 0 Å². The van der Waals surface area contributed by atoms with Crippen molar-refractivity contribution in [1.82, 2.24) is 0 Å². The quantitative estimate of drug-likeness (QED) is 0.614. The first kappa shape index (κ1) is 12.9. The van der Waals surface area contributed by atoms with Crippen molar-refractivity contribution in [3.05, 3.63) is 0 Å². The summed E-state index contributed by atoms with van der Waals surface area (Å²) in [5.41, 5.74) is 0. The molecule has 2 unspecified atom stereocenters. The lowest BCUT2D eigenvalue weighted by molar-refractivity contribution is 0.102. The Hall–Kier alpha value is -0.0800. The molecule has 0 aromatic rings. The predicted molar refractivity (Wildman–Crippen MR) is 55.7 cm³/mol. The van der Waals surface area contributed by atoms with E-state index < -0.39 is 0 Å². The highest BCUT2D eigenvalue weighted by Gasteiger charge is 2.07. The van der Waals surface area contributed by atoms with Crippen LogP contribution in [0.25, 0.3) is 0 Å². The van der Waals surface area contributed by atoms with E-state index in [2.05, 4.69) is 13.8 Å². The van der Waals surface area contributed by atoms with Crippen molar-refractivity contribution < 1.29 is 10.2 Å². The van der Waals surface area contributed by atoms with Crippen molar-refractivity contribution in [2.45, 2.75) is 71.0 Å². The molecule has 0 heterocycles. The summed E-state index contributed by atoms with van der Waals surface area (Å²) in [6.45, 7) is 4.19. The first-order chi connectivity index (χ1) is 6.20. The van der Waals surface area contributed by atoms with E-state index in [4.69, 9.17) is 0 Å². The van der Waals surface area contributed by atoms with Crippen LogP contribution in [-0.4, -0.2) is 22.4 Å². The number of aliphatic hydroxyl groups is 2. The zero-order valence-electron chi connectivity index (χ0n) is 9.00. The fourth-order valence-corrected chi connectivity index (χ4v) is 1.45. The number of rotatable bonds is 8. The highest BCUT2D eigenvalue weighted by Crippen LogP contribution is 2.10. The van der Waals surface area contributed by atoms with Gasteiger partial charge in [-0.2, -0.15) is 0 Å². The van der Waals surface area contributed by atoms with E-state index in [1.54, 1.807) is 0 Å². The average Bonchev–Trinajstić information content (AvgIpc) is 2.12. The molecule has 2 heteroatoms. The number of hydrogen-bond donors (Lipinski definition) is 2. The maximum atomic E-state index is 9.49. The summed E-state index contributed by atoms with van der Waals surface area (Å²) in [6.07, 6.45) is 6.08. The Morgan fingerprint density at radius 3 is 1.77 bits per heavy atom. The third-order valence-electron chi connectivity index (χ3n) is 2.35. The summed E-state index contributed by atoms with van der Waals surface area (Å²) in [4.78, 5) is 0. The van der Waals surface area contributed by atoms with Gasteiger partial charge in [0.25, 0.3) is 0 Å². The maximum Gasteiger partial charge on any atom is 0.0541 e. The van der Waals surface area contributed by atoms with Gasteiger partial charge in [-0.1, -0.05) is 33.1 Å². The highest BCUT2D eigenvalue weighted by atomic mass is 16.3. The summed E-state index contributed by atoms with van der Waals surface area (Å²) >= 11 is 0. The first-order valence-corrected chi connectivity index (χ1v) is 5.56. The topological polar surface area (TPSA) is 40.5 Å². The molecule has 0 radical (unpaired) electrons. The summed E-state index contributed by atoms with van der Waals surface area (Å²) in [7, 11) is 0. The van der Waals surface area contributed by atoms with E-state index in [0.717, 1.165) is 44.9 Å². The Labute approximate surface area is 82.0 Å². The lowest BCUT2D eigenvalue weighted by Crippen LogP contribution is -2.12. The van der Waals surface area contributed by atoms with E-state index in [1.165, 1.54) is 0 Å². The van der Waals surface area contributed by atoms with Gasteiger partial charge in [-0.25, -0.2) is 0 Å². The second-order valence-corrected chi connectivity index (χ2v) is 3.82. The SMILES string of the molecule is CCCCC(O)CCC(O)CCC. The Morgan fingerprint density at radius 1 is 0.769 bits per heavy atom. The molecule has 2 N–H and O–H groups in total. The molecule has 2 atom stereocenters. The third kappa shape index (κ3) is 8.26. The molecule has 0 aliphatic carbocycles. The molecular formula is C11H24O2. The standard InChI is InChI=1S/C11H24O2/c1-3-5-7-11(13)9-8-10(12)6-4-2/h10-13H,3-9H2,1-2H3. The minimum Gasteiger partial charge on any atom is -0.393 e. The molecule has 2 nitrogen and oxygen atoms in total. The van der Waals surface area contributed by atoms with Crippen molar-refractivity contribution >= 4 is 0 Å². The summed E-state index contributed by atoms with van der Waals surface area (Å²) < 4.78 is 0. The lowest BCUT2D eigenvalue weighted by atomic mass is 10.0. The van der Waals surface area contributed by atoms with Crippen molar-refractivity contribution in [3.8, 4) is 0 Å². The minimum atomic E-state index is -0.207. The summed E-state index contributed by atoms with van der Waals surface area (Å²) in [5.74, 6) is 0. The number of hydrogen-bond acceptors (Lipinski definition) is 2.